The predicted octanol–water partition coefficient (Wildman–Crippen LogP) is 3.00. The molecule has 0 aliphatic carbocycles. The number of carbonyl (C=O) groups is 1. The molecule has 1 aromatic carbocycles. The number of amides is 1. The Morgan fingerprint density at radius 2 is 2.10 bits per heavy atom. The zero-order valence-electron chi connectivity index (χ0n) is 17.3. The van der Waals surface area contributed by atoms with Gasteiger partial charge in [0.1, 0.15) is 17.9 Å². The minimum Gasteiger partial charge on any atom is -0.379 e. The number of anilines is 1. The predicted molar refractivity (Wildman–Crippen MR) is 116 cm³/mol. The van der Waals surface area contributed by atoms with Crippen LogP contribution in [0.3, 0.4) is 0 Å². The molecule has 0 bridgehead atoms. The number of ether oxygens (including phenoxy) is 1. The lowest BCUT2D eigenvalue weighted by Gasteiger charge is -2.27. The van der Waals surface area contributed by atoms with E-state index in [1.54, 1.807) is 15.6 Å². The van der Waals surface area contributed by atoms with E-state index in [0.717, 1.165) is 55.4 Å². The standard InChI is InChI=1S/C21H26FN5O2S/c1-15-13-16(2)27(24-15)14-19(28)26(8-4-7-25-9-11-29-12-10-25)21-23-20-17(22)5-3-6-18(20)30-21/h3,5-6,13H,4,7-12,14H2,1-2H3. The number of thiazole rings is 1. The SMILES string of the molecule is Cc1cc(C)n(CC(=O)N(CCCN2CCOCC2)c2nc3c(F)cccc3s2)n1. The largest absolute Gasteiger partial charge is 0.379 e. The Morgan fingerprint density at radius 1 is 1.30 bits per heavy atom. The molecular formula is C21H26FN5O2S. The number of halogens is 1. The number of morpholine rings is 1. The van der Waals surface area contributed by atoms with E-state index in [9.17, 15) is 9.18 Å². The van der Waals surface area contributed by atoms with E-state index in [1.165, 1.54) is 17.4 Å². The Labute approximate surface area is 179 Å². The first-order valence-electron chi connectivity index (χ1n) is 10.2. The first kappa shape index (κ1) is 20.9. The number of aryl methyl sites for hydroxylation is 2. The zero-order valence-corrected chi connectivity index (χ0v) is 18.1. The summed E-state index contributed by atoms with van der Waals surface area (Å²) in [5, 5.41) is 4.94. The molecule has 3 aromatic rings. The van der Waals surface area contributed by atoms with Crippen molar-refractivity contribution in [2.75, 3.05) is 44.3 Å². The van der Waals surface area contributed by atoms with Gasteiger partial charge in [-0.25, -0.2) is 9.37 Å². The highest BCUT2D eigenvalue weighted by atomic mass is 32.1. The molecule has 30 heavy (non-hydrogen) atoms. The Bertz CT molecular complexity index is 1030. The quantitative estimate of drug-likeness (QED) is 0.576. The van der Waals surface area contributed by atoms with E-state index in [0.29, 0.717) is 17.2 Å². The van der Waals surface area contributed by atoms with Crippen LogP contribution in [-0.2, 0) is 16.1 Å². The number of hydrogen-bond donors (Lipinski definition) is 0. The van der Waals surface area contributed by atoms with Crippen LogP contribution in [0.4, 0.5) is 9.52 Å². The lowest BCUT2D eigenvalue weighted by Crippen LogP contribution is -2.40. The highest BCUT2D eigenvalue weighted by Crippen LogP contribution is 2.30. The fourth-order valence-electron chi connectivity index (χ4n) is 3.67. The average Bonchev–Trinajstić information content (AvgIpc) is 3.29. The maximum Gasteiger partial charge on any atom is 0.250 e. The molecule has 7 nitrogen and oxygen atoms in total. The third-order valence-corrected chi connectivity index (χ3v) is 6.28. The molecule has 2 aromatic heterocycles. The van der Waals surface area contributed by atoms with Gasteiger partial charge in [0.25, 0.3) is 5.91 Å². The highest BCUT2D eigenvalue weighted by molar-refractivity contribution is 7.22. The monoisotopic (exact) mass is 431 g/mol. The van der Waals surface area contributed by atoms with Gasteiger partial charge >= 0.3 is 0 Å². The highest BCUT2D eigenvalue weighted by Gasteiger charge is 2.22. The van der Waals surface area contributed by atoms with Crippen molar-refractivity contribution in [3.8, 4) is 0 Å². The van der Waals surface area contributed by atoms with Gasteiger partial charge in [0.2, 0.25) is 0 Å². The zero-order chi connectivity index (χ0) is 21.1. The van der Waals surface area contributed by atoms with Gasteiger partial charge < -0.3 is 4.74 Å². The van der Waals surface area contributed by atoms with Gasteiger partial charge in [-0.1, -0.05) is 17.4 Å². The molecule has 1 aliphatic rings. The number of aromatic nitrogens is 3. The second-order valence-electron chi connectivity index (χ2n) is 7.52. The molecule has 0 atom stereocenters. The van der Waals surface area contributed by atoms with Gasteiger partial charge in [-0.05, 0) is 38.5 Å². The second kappa shape index (κ2) is 9.20. The van der Waals surface area contributed by atoms with Crippen molar-refractivity contribution in [3.05, 3.63) is 41.5 Å². The Hall–Kier alpha value is -2.36. The molecule has 9 heteroatoms. The van der Waals surface area contributed by atoms with E-state index < -0.39 is 0 Å². The number of fused-ring (bicyclic) bond motifs is 1. The minimum absolute atomic E-state index is 0.0948. The maximum absolute atomic E-state index is 14.2. The fraction of sp³-hybridized carbons (Fsp3) is 0.476. The molecule has 1 amide bonds. The minimum atomic E-state index is -0.366. The van der Waals surface area contributed by atoms with Crippen LogP contribution >= 0.6 is 11.3 Å². The van der Waals surface area contributed by atoms with Gasteiger partial charge in [-0.15, -0.1) is 0 Å². The van der Waals surface area contributed by atoms with Crippen LogP contribution < -0.4 is 4.90 Å². The third-order valence-electron chi connectivity index (χ3n) is 5.24. The van der Waals surface area contributed by atoms with Crippen LogP contribution in [-0.4, -0.2) is 65.0 Å². The van der Waals surface area contributed by atoms with E-state index in [4.69, 9.17) is 4.74 Å². The summed E-state index contributed by atoms with van der Waals surface area (Å²) < 4.78 is 22.0. The lowest BCUT2D eigenvalue weighted by molar-refractivity contribution is -0.119. The Kier molecular flexibility index (Phi) is 6.40. The number of hydrogen-bond acceptors (Lipinski definition) is 6. The lowest BCUT2D eigenvalue weighted by atomic mass is 10.3. The molecule has 1 aliphatic heterocycles. The van der Waals surface area contributed by atoms with E-state index in [2.05, 4.69) is 15.0 Å². The second-order valence-corrected chi connectivity index (χ2v) is 8.53. The van der Waals surface area contributed by atoms with Gasteiger partial charge in [0, 0.05) is 31.9 Å². The molecule has 4 rings (SSSR count). The molecule has 0 spiro atoms. The smallest absolute Gasteiger partial charge is 0.250 e. The van der Waals surface area contributed by atoms with E-state index in [1.807, 2.05) is 26.0 Å². The molecule has 0 N–H and O–H groups in total. The summed E-state index contributed by atoms with van der Waals surface area (Å²) in [5.74, 6) is -0.461. The van der Waals surface area contributed by atoms with Crippen molar-refractivity contribution in [2.24, 2.45) is 0 Å². The van der Waals surface area contributed by atoms with Crippen molar-refractivity contribution in [2.45, 2.75) is 26.8 Å². The summed E-state index contributed by atoms with van der Waals surface area (Å²) in [6.07, 6.45) is 0.807. The van der Waals surface area contributed by atoms with Gasteiger partial charge in [-0.3, -0.25) is 19.3 Å². The maximum atomic E-state index is 14.2. The summed E-state index contributed by atoms with van der Waals surface area (Å²) in [7, 11) is 0. The molecule has 0 unspecified atom stereocenters. The normalized spacial score (nSPS) is 15.0. The number of carbonyl (C=O) groups excluding carboxylic acids is 1. The number of rotatable bonds is 7. The molecule has 0 saturated carbocycles. The Morgan fingerprint density at radius 3 is 2.80 bits per heavy atom. The molecule has 0 radical (unpaired) electrons. The van der Waals surface area contributed by atoms with Crippen molar-refractivity contribution >= 4 is 32.6 Å². The van der Waals surface area contributed by atoms with Gasteiger partial charge in [0.15, 0.2) is 5.13 Å². The van der Waals surface area contributed by atoms with Crippen molar-refractivity contribution < 1.29 is 13.9 Å². The number of para-hydroxylation sites is 1. The van der Waals surface area contributed by atoms with Crippen LogP contribution in [0.2, 0.25) is 0 Å². The van der Waals surface area contributed by atoms with Crippen LogP contribution in [0.1, 0.15) is 17.8 Å². The topological polar surface area (TPSA) is 63.5 Å². The summed E-state index contributed by atoms with van der Waals surface area (Å²) in [6.45, 7) is 8.69. The van der Waals surface area contributed by atoms with E-state index >= 15 is 0 Å². The summed E-state index contributed by atoms with van der Waals surface area (Å²) >= 11 is 1.34. The van der Waals surface area contributed by atoms with Crippen LogP contribution in [0, 0.1) is 19.7 Å². The molecule has 160 valence electrons. The van der Waals surface area contributed by atoms with Crippen molar-refractivity contribution in [1.29, 1.82) is 0 Å². The average molecular weight is 432 g/mol. The van der Waals surface area contributed by atoms with Crippen molar-refractivity contribution in [3.63, 3.8) is 0 Å². The molecule has 1 saturated heterocycles. The first-order valence-corrected chi connectivity index (χ1v) is 11.0. The number of benzene rings is 1. The molecule has 3 heterocycles. The first-order chi connectivity index (χ1) is 14.5. The third kappa shape index (κ3) is 4.69. The summed E-state index contributed by atoms with van der Waals surface area (Å²) in [6, 6.07) is 6.84. The van der Waals surface area contributed by atoms with E-state index in [-0.39, 0.29) is 18.3 Å². The van der Waals surface area contributed by atoms with Gasteiger partial charge in [-0.2, -0.15) is 5.10 Å². The molecule has 1 fully saturated rings. The summed E-state index contributed by atoms with van der Waals surface area (Å²) in [4.78, 5) is 21.7. The van der Waals surface area contributed by atoms with Crippen molar-refractivity contribution in [1.82, 2.24) is 19.7 Å². The van der Waals surface area contributed by atoms with Crippen LogP contribution in [0.5, 0.6) is 0 Å². The fourth-order valence-corrected chi connectivity index (χ4v) is 4.69. The van der Waals surface area contributed by atoms with Crippen LogP contribution in [0.15, 0.2) is 24.3 Å². The molecular weight excluding hydrogens is 405 g/mol. The number of nitrogens with zero attached hydrogens (tertiary/aromatic N) is 5. The Balaban J connectivity index is 1.53. The van der Waals surface area contributed by atoms with Crippen LogP contribution in [0.25, 0.3) is 10.2 Å². The van der Waals surface area contributed by atoms with Gasteiger partial charge in [0.05, 0.1) is 23.6 Å². The summed E-state index contributed by atoms with van der Waals surface area (Å²) in [5.41, 5.74) is 2.13.